The van der Waals surface area contributed by atoms with Crippen LogP contribution in [0.1, 0.15) is 27.2 Å². The summed E-state index contributed by atoms with van der Waals surface area (Å²) in [5.41, 5.74) is 0.283. The molecule has 0 aliphatic rings. The molecule has 0 bridgehead atoms. The average molecular weight is 223 g/mol. The second-order valence-corrected chi connectivity index (χ2v) is 10.1. The maximum absolute atomic E-state index is 5.98. The molecule has 0 aromatic rings. The van der Waals surface area contributed by atoms with Gasteiger partial charge in [0.2, 0.25) is 0 Å². The van der Waals surface area contributed by atoms with E-state index >= 15 is 0 Å². The number of halogens is 1. The molecule has 0 aliphatic heterocycles. The molecule has 0 unspecified atom stereocenters. The topological polar surface area (TPSA) is 9.23 Å². The van der Waals surface area contributed by atoms with Gasteiger partial charge < -0.3 is 4.43 Å². The van der Waals surface area contributed by atoms with Crippen molar-refractivity contribution in [3.63, 3.8) is 0 Å². The lowest BCUT2D eigenvalue weighted by molar-refractivity contribution is 0.189. The zero-order valence-electron chi connectivity index (χ0n) is 9.61. The zero-order valence-corrected chi connectivity index (χ0v) is 11.4. The highest BCUT2D eigenvalue weighted by Crippen LogP contribution is 2.20. The Morgan fingerprint density at radius 3 is 2.15 bits per heavy atom. The van der Waals surface area contributed by atoms with Crippen molar-refractivity contribution in [2.75, 3.05) is 12.5 Å². The lowest BCUT2D eigenvalue weighted by atomic mass is 9.99. The molecule has 80 valence electrons. The molecule has 0 aliphatic carbocycles. The van der Waals surface area contributed by atoms with Gasteiger partial charge in [-0.2, -0.15) is 0 Å². The van der Waals surface area contributed by atoms with Crippen molar-refractivity contribution in [2.24, 2.45) is 5.41 Å². The Hall–Kier alpha value is 0.467. The Labute approximate surface area is 88.9 Å². The molecule has 3 heteroatoms. The first-order valence-corrected chi connectivity index (χ1v) is 8.62. The summed E-state index contributed by atoms with van der Waals surface area (Å²) in [7, 11) is -1.42. The summed E-state index contributed by atoms with van der Waals surface area (Å²) in [5.74, 6) is 0.759. The monoisotopic (exact) mass is 222 g/mol. The van der Waals surface area contributed by atoms with E-state index in [0.717, 1.165) is 18.9 Å². The first-order valence-electron chi connectivity index (χ1n) is 4.97. The fourth-order valence-electron chi connectivity index (χ4n) is 0.977. The number of rotatable bonds is 5. The van der Waals surface area contributed by atoms with Gasteiger partial charge in [0, 0.05) is 12.5 Å². The van der Waals surface area contributed by atoms with Gasteiger partial charge in [0.05, 0.1) is 0 Å². The van der Waals surface area contributed by atoms with Crippen molar-refractivity contribution < 1.29 is 4.43 Å². The predicted molar refractivity (Wildman–Crippen MR) is 63.0 cm³/mol. The van der Waals surface area contributed by atoms with E-state index in [2.05, 4.69) is 33.9 Å². The second kappa shape index (κ2) is 5.37. The second-order valence-electron chi connectivity index (χ2n) is 5.40. The zero-order chi connectivity index (χ0) is 10.5. The highest BCUT2D eigenvalue weighted by Gasteiger charge is 2.24. The smallest absolute Gasteiger partial charge is 0.186 e. The Morgan fingerprint density at radius 1 is 1.23 bits per heavy atom. The van der Waals surface area contributed by atoms with E-state index in [1.165, 1.54) is 6.04 Å². The van der Waals surface area contributed by atoms with Gasteiger partial charge in [0.15, 0.2) is 8.32 Å². The summed E-state index contributed by atoms with van der Waals surface area (Å²) in [5, 5.41) is 0. The van der Waals surface area contributed by atoms with E-state index in [9.17, 15) is 0 Å². The summed E-state index contributed by atoms with van der Waals surface area (Å²) in [6.45, 7) is 12.0. The quantitative estimate of drug-likeness (QED) is 0.507. The van der Waals surface area contributed by atoms with Crippen LogP contribution in [0.15, 0.2) is 0 Å². The molecule has 0 aromatic carbocycles. The van der Waals surface area contributed by atoms with Gasteiger partial charge in [0.1, 0.15) is 0 Å². The minimum Gasteiger partial charge on any atom is -0.417 e. The molecule has 0 saturated carbocycles. The first kappa shape index (κ1) is 13.5. The van der Waals surface area contributed by atoms with Gasteiger partial charge in [-0.3, -0.25) is 0 Å². The number of hydrogen-bond acceptors (Lipinski definition) is 1. The van der Waals surface area contributed by atoms with E-state index in [0.29, 0.717) is 0 Å². The minimum atomic E-state index is -1.42. The maximum Gasteiger partial charge on any atom is 0.186 e. The van der Waals surface area contributed by atoms with Crippen molar-refractivity contribution in [2.45, 2.75) is 46.3 Å². The first-order chi connectivity index (χ1) is 5.77. The fourth-order valence-corrected chi connectivity index (χ4v) is 3.33. The van der Waals surface area contributed by atoms with Gasteiger partial charge in [-0.1, -0.05) is 20.8 Å². The Bertz CT molecular complexity index is 140. The SMILES string of the molecule is CC(C)(C)CO[Si](C)(C)CCCCl. The number of hydrogen-bond donors (Lipinski definition) is 0. The molecule has 0 rings (SSSR count). The van der Waals surface area contributed by atoms with Gasteiger partial charge in [-0.05, 0) is 31.0 Å². The predicted octanol–water partition coefficient (Wildman–Crippen LogP) is 3.88. The largest absolute Gasteiger partial charge is 0.417 e. The van der Waals surface area contributed by atoms with Gasteiger partial charge in [-0.15, -0.1) is 11.6 Å². The molecule has 0 saturated heterocycles. The molecule has 0 spiro atoms. The molecule has 0 fully saturated rings. The van der Waals surface area contributed by atoms with Crippen molar-refractivity contribution in [3.05, 3.63) is 0 Å². The van der Waals surface area contributed by atoms with Crippen LogP contribution in [-0.4, -0.2) is 20.8 Å². The van der Waals surface area contributed by atoms with Crippen molar-refractivity contribution >= 4 is 19.9 Å². The van der Waals surface area contributed by atoms with Crippen molar-refractivity contribution in [1.82, 2.24) is 0 Å². The van der Waals surface area contributed by atoms with Crippen LogP contribution in [0.25, 0.3) is 0 Å². The van der Waals surface area contributed by atoms with E-state index < -0.39 is 8.32 Å². The van der Waals surface area contributed by atoms with Crippen LogP contribution in [0.5, 0.6) is 0 Å². The third-order valence-corrected chi connectivity index (χ3v) is 4.56. The highest BCUT2D eigenvalue weighted by molar-refractivity contribution is 6.71. The summed E-state index contributed by atoms with van der Waals surface area (Å²) in [6, 6.07) is 1.17. The molecule has 1 nitrogen and oxygen atoms in total. The summed E-state index contributed by atoms with van der Waals surface area (Å²) in [4.78, 5) is 0. The molecule has 0 N–H and O–H groups in total. The van der Waals surface area contributed by atoms with Crippen LogP contribution in [0, 0.1) is 5.41 Å². The molecule has 0 radical (unpaired) electrons. The standard InChI is InChI=1S/C10H23ClOSi/c1-10(2,3)9-12-13(4,5)8-6-7-11/h6-9H2,1-5H3. The van der Waals surface area contributed by atoms with Crippen molar-refractivity contribution in [1.29, 1.82) is 0 Å². The van der Waals surface area contributed by atoms with Gasteiger partial charge in [0.25, 0.3) is 0 Å². The summed E-state index contributed by atoms with van der Waals surface area (Å²) < 4.78 is 5.98. The molecular weight excluding hydrogens is 200 g/mol. The normalized spacial score (nSPS) is 13.4. The highest BCUT2D eigenvalue weighted by atomic mass is 35.5. The van der Waals surface area contributed by atoms with Gasteiger partial charge in [-0.25, -0.2) is 0 Å². The Morgan fingerprint density at radius 2 is 1.77 bits per heavy atom. The van der Waals surface area contributed by atoms with Crippen molar-refractivity contribution in [3.8, 4) is 0 Å². The lowest BCUT2D eigenvalue weighted by Gasteiger charge is -2.28. The van der Waals surface area contributed by atoms with Gasteiger partial charge >= 0.3 is 0 Å². The third-order valence-electron chi connectivity index (χ3n) is 1.81. The minimum absolute atomic E-state index is 0.283. The van der Waals surface area contributed by atoms with Crippen LogP contribution >= 0.6 is 11.6 Å². The fraction of sp³-hybridized carbons (Fsp3) is 1.00. The van der Waals surface area contributed by atoms with Crippen LogP contribution < -0.4 is 0 Å². The Balaban J connectivity index is 3.75. The van der Waals surface area contributed by atoms with E-state index in [-0.39, 0.29) is 5.41 Å². The van der Waals surface area contributed by atoms with Crippen LogP contribution in [-0.2, 0) is 4.43 Å². The Kier molecular flexibility index (Phi) is 5.57. The number of alkyl halides is 1. The summed E-state index contributed by atoms with van der Waals surface area (Å²) >= 11 is 5.66. The van der Waals surface area contributed by atoms with Crippen LogP contribution in [0.2, 0.25) is 19.1 Å². The van der Waals surface area contributed by atoms with E-state index in [1.54, 1.807) is 0 Å². The summed E-state index contributed by atoms with van der Waals surface area (Å²) in [6.07, 6.45) is 1.09. The molecular formula is C10H23ClOSi. The van der Waals surface area contributed by atoms with E-state index in [4.69, 9.17) is 16.0 Å². The average Bonchev–Trinajstić information content (AvgIpc) is 1.97. The third kappa shape index (κ3) is 8.79. The molecule has 13 heavy (non-hydrogen) atoms. The molecule has 0 amide bonds. The van der Waals surface area contributed by atoms with E-state index in [1.807, 2.05) is 0 Å². The van der Waals surface area contributed by atoms with Crippen LogP contribution in [0.3, 0.4) is 0 Å². The molecule has 0 aromatic heterocycles. The maximum atomic E-state index is 5.98. The van der Waals surface area contributed by atoms with Crippen LogP contribution in [0.4, 0.5) is 0 Å². The molecule has 0 atom stereocenters. The molecule has 0 heterocycles. The lowest BCUT2D eigenvalue weighted by Crippen LogP contribution is -2.34.